The van der Waals surface area contributed by atoms with E-state index in [1.54, 1.807) is 10.6 Å². The Bertz CT molecular complexity index is 419. The zero-order valence-corrected chi connectivity index (χ0v) is 15.3. The first-order valence-electron chi connectivity index (χ1n) is 8.52. The third-order valence-corrected chi connectivity index (χ3v) is 3.58. The smallest absolute Gasteiger partial charge is 0.112 e. The van der Waals surface area contributed by atoms with E-state index in [4.69, 9.17) is 13.0 Å². The van der Waals surface area contributed by atoms with Crippen LogP contribution in [0.2, 0.25) is 0 Å². The maximum absolute atomic E-state index is 9.08. The van der Waals surface area contributed by atoms with Gasteiger partial charge in [0.15, 0.2) is 0 Å². The molecule has 0 radical (unpaired) electrons. The van der Waals surface area contributed by atoms with Crippen LogP contribution in [0.1, 0.15) is 71.6 Å². The minimum absolute atomic E-state index is 0.604. The monoisotopic (exact) mass is 331 g/mol. The molecule has 0 aromatic carbocycles. The van der Waals surface area contributed by atoms with E-state index in [1.807, 2.05) is 0 Å². The summed E-state index contributed by atoms with van der Waals surface area (Å²) >= 11 is 0. The molecule has 0 aliphatic carbocycles. The number of hydrogen-bond donors (Lipinski definition) is 1. The zero-order chi connectivity index (χ0) is 16.8. The van der Waals surface area contributed by atoms with Crippen LogP contribution in [0.5, 0.6) is 0 Å². The fourth-order valence-corrected chi connectivity index (χ4v) is 2.52. The Labute approximate surface area is 137 Å². The molecule has 0 spiro atoms. The van der Waals surface area contributed by atoms with Gasteiger partial charge in [-0.15, -0.1) is 0 Å². The van der Waals surface area contributed by atoms with Crippen LogP contribution < -0.4 is 4.90 Å². The van der Waals surface area contributed by atoms with E-state index in [0.29, 0.717) is 6.26 Å². The second-order valence-corrected chi connectivity index (χ2v) is 7.31. The Hall–Kier alpha value is -0.650. The summed E-state index contributed by atoms with van der Waals surface area (Å²) in [5.41, 5.74) is 1.60. The highest BCUT2D eigenvalue weighted by molar-refractivity contribution is 7.84. The molecule has 1 heterocycles. The van der Waals surface area contributed by atoms with Gasteiger partial charge in [-0.25, -0.2) is 8.42 Å². The van der Waals surface area contributed by atoms with Crippen molar-refractivity contribution in [1.29, 1.82) is 0 Å². The van der Waals surface area contributed by atoms with Gasteiger partial charge in [-0.2, -0.15) is 0 Å². The molecule has 0 amide bonds. The van der Waals surface area contributed by atoms with Gasteiger partial charge in [-0.05, 0) is 25.3 Å². The van der Waals surface area contributed by atoms with Crippen molar-refractivity contribution in [3.63, 3.8) is 0 Å². The van der Waals surface area contributed by atoms with Gasteiger partial charge in [0.25, 0.3) is 0 Å². The Morgan fingerprint density at radius 1 is 1.00 bits per heavy atom. The van der Waals surface area contributed by atoms with E-state index < -0.39 is 10.1 Å². The predicted octanol–water partition coefficient (Wildman–Crippen LogP) is 2.99. The van der Waals surface area contributed by atoms with Crippen molar-refractivity contribution in [3.05, 3.63) is 24.0 Å². The van der Waals surface area contributed by atoms with Gasteiger partial charge in [0.05, 0.1) is 22.9 Å². The second kappa shape index (κ2) is 12.9. The van der Waals surface area contributed by atoms with Gasteiger partial charge in [-0.3, -0.25) is 4.90 Å². The van der Waals surface area contributed by atoms with E-state index in [9.17, 15) is 0 Å². The van der Waals surface area contributed by atoms with Crippen molar-refractivity contribution in [1.82, 2.24) is 0 Å². The molecule has 130 valence electrons. The molecule has 1 N–H and O–H groups in total. The highest BCUT2D eigenvalue weighted by Gasteiger charge is 2.14. The summed E-state index contributed by atoms with van der Waals surface area (Å²) in [4.78, 5) is 1.61. The topological polar surface area (TPSA) is 61.6 Å². The molecule has 0 bridgehead atoms. The Balaban J connectivity index is 0.000000763. The lowest BCUT2D eigenvalue weighted by Crippen LogP contribution is -3.04. The SMILES string of the molecule is CCCCCCCCC[NH+]1C=CC=C1CCC.CS(=O)(=O)[O-]. The Kier molecular flexibility index (Phi) is 12.5. The van der Waals surface area contributed by atoms with Crippen LogP contribution in [0.25, 0.3) is 0 Å². The molecule has 1 unspecified atom stereocenters. The van der Waals surface area contributed by atoms with Crippen LogP contribution in [0, 0.1) is 0 Å². The van der Waals surface area contributed by atoms with Crippen molar-refractivity contribution in [3.8, 4) is 0 Å². The Morgan fingerprint density at radius 2 is 1.55 bits per heavy atom. The fraction of sp³-hybridized carbons (Fsp3) is 0.765. The van der Waals surface area contributed by atoms with Crippen LogP contribution in [0.4, 0.5) is 0 Å². The third kappa shape index (κ3) is 14.3. The average Bonchev–Trinajstić information content (AvgIpc) is 2.84. The quantitative estimate of drug-likeness (QED) is 0.494. The van der Waals surface area contributed by atoms with Crippen LogP contribution in [0.3, 0.4) is 0 Å². The summed E-state index contributed by atoms with van der Waals surface area (Å²) in [6.07, 6.45) is 19.9. The van der Waals surface area contributed by atoms with Crippen molar-refractivity contribution in [2.24, 2.45) is 0 Å². The molecule has 4 nitrogen and oxygen atoms in total. The number of unbranched alkanes of at least 4 members (excludes halogenated alkanes) is 6. The van der Waals surface area contributed by atoms with Crippen LogP contribution in [-0.4, -0.2) is 25.8 Å². The lowest BCUT2D eigenvalue weighted by molar-refractivity contribution is -0.804. The fourth-order valence-electron chi connectivity index (χ4n) is 2.52. The van der Waals surface area contributed by atoms with Gasteiger partial charge >= 0.3 is 0 Å². The molecule has 5 heteroatoms. The standard InChI is InChI=1S/C16H29N.CH4O3S/c1-3-5-6-7-8-9-10-14-17-15-11-13-16(17)12-4-2;1-5(2,3)4/h11,13,15H,3-10,12,14H2,1-2H3;1H3,(H,2,3,4). The number of allylic oxidation sites excluding steroid dienone is 3. The lowest BCUT2D eigenvalue weighted by atomic mass is 10.1. The molecule has 1 aliphatic heterocycles. The molecule has 0 aromatic heterocycles. The molecule has 0 fully saturated rings. The first kappa shape index (κ1) is 21.4. The first-order valence-corrected chi connectivity index (χ1v) is 10.3. The van der Waals surface area contributed by atoms with Crippen LogP contribution >= 0.6 is 0 Å². The second-order valence-electron chi connectivity index (χ2n) is 5.90. The van der Waals surface area contributed by atoms with Crippen LogP contribution in [0.15, 0.2) is 24.0 Å². The summed E-state index contributed by atoms with van der Waals surface area (Å²) in [6, 6.07) is 0. The van der Waals surface area contributed by atoms with Crippen molar-refractivity contribution in [2.75, 3.05) is 12.8 Å². The summed E-state index contributed by atoms with van der Waals surface area (Å²) < 4.78 is 27.2. The number of rotatable bonds is 10. The molecule has 0 saturated heterocycles. The normalized spacial score (nSPS) is 17.1. The van der Waals surface area contributed by atoms with Gasteiger partial charge in [-0.1, -0.05) is 46.0 Å². The molecule has 22 heavy (non-hydrogen) atoms. The van der Waals surface area contributed by atoms with E-state index in [1.165, 1.54) is 64.3 Å². The number of hydrogen-bond acceptors (Lipinski definition) is 3. The average molecular weight is 332 g/mol. The Morgan fingerprint density at radius 3 is 2.09 bits per heavy atom. The van der Waals surface area contributed by atoms with Gasteiger partial charge < -0.3 is 4.55 Å². The van der Waals surface area contributed by atoms with Gasteiger partial charge in [0.1, 0.15) is 5.70 Å². The zero-order valence-electron chi connectivity index (χ0n) is 14.4. The molecule has 1 rings (SSSR count). The number of quaternary nitrogens is 1. The lowest BCUT2D eigenvalue weighted by Gasteiger charge is -2.13. The predicted molar refractivity (Wildman–Crippen MR) is 91.6 cm³/mol. The molecular weight excluding hydrogens is 298 g/mol. The van der Waals surface area contributed by atoms with Crippen molar-refractivity contribution >= 4 is 10.1 Å². The minimum atomic E-state index is -3.92. The molecule has 0 aromatic rings. The van der Waals surface area contributed by atoms with E-state index in [-0.39, 0.29) is 0 Å². The first-order chi connectivity index (χ1) is 10.4. The number of nitrogens with one attached hydrogen (secondary N) is 1. The van der Waals surface area contributed by atoms with E-state index >= 15 is 0 Å². The molecular formula is C17H33NO3S. The van der Waals surface area contributed by atoms with Crippen LogP contribution in [-0.2, 0) is 10.1 Å². The molecule has 1 aliphatic rings. The largest absolute Gasteiger partial charge is 0.748 e. The summed E-state index contributed by atoms with van der Waals surface area (Å²) in [7, 11) is -3.92. The molecule has 1 atom stereocenters. The summed E-state index contributed by atoms with van der Waals surface area (Å²) in [5.74, 6) is 0. The maximum atomic E-state index is 9.08. The third-order valence-electron chi connectivity index (χ3n) is 3.58. The molecule has 0 saturated carbocycles. The van der Waals surface area contributed by atoms with Gasteiger partial charge in [0.2, 0.25) is 0 Å². The van der Waals surface area contributed by atoms with Gasteiger partial charge in [0, 0.05) is 18.8 Å². The van der Waals surface area contributed by atoms with E-state index in [0.717, 1.165) is 0 Å². The highest BCUT2D eigenvalue weighted by atomic mass is 32.2. The minimum Gasteiger partial charge on any atom is -0.748 e. The van der Waals surface area contributed by atoms with E-state index in [2.05, 4.69) is 32.2 Å². The highest BCUT2D eigenvalue weighted by Crippen LogP contribution is 2.07. The maximum Gasteiger partial charge on any atom is 0.112 e. The summed E-state index contributed by atoms with van der Waals surface area (Å²) in [5, 5.41) is 0. The summed E-state index contributed by atoms with van der Waals surface area (Å²) in [6.45, 7) is 5.85. The van der Waals surface area contributed by atoms with Crippen molar-refractivity contribution < 1.29 is 17.9 Å². The van der Waals surface area contributed by atoms with Crippen molar-refractivity contribution in [2.45, 2.75) is 71.6 Å².